The van der Waals surface area contributed by atoms with Crippen LogP contribution in [0.2, 0.25) is 0 Å². The Morgan fingerprint density at radius 2 is 2.06 bits per heavy atom. The summed E-state index contributed by atoms with van der Waals surface area (Å²) in [5.74, 6) is -0.689. The summed E-state index contributed by atoms with van der Waals surface area (Å²) in [4.78, 5) is 11.4. The van der Waals surface area contributed by atoms with Gasteiger partial charge in [-0.1, -0.05) is 12.1 Å². The molecule has 1 aromatic rings. The van der Waals surface area contributed by atoms with E-state index in [1.807, 2.05) is 0 Å². The molecule has 1 rings (SSSR count). The highest BCUT2D eigenvalue weighted by atomic mass is 19.1. The molecule has 0 radical (unpaired) electrons. The van der Waals surface area contributed by atoms with Crippen LogP contribution in [0.25, 0.3) is 0 Å². The Balaban J connectivity index is 3.08. The van der Waals surface area contributed by atoms with Crippen LogP contribution in [0.3, 0.4) is 0 Å². The van der Waals surface area contributed by atoms with Gasteiger partial charge in [0.25, 0.3) is 0 Å². The van der Waals surface area contributed by atoms with Crippen molar-refractivity contribution >= 4 is 5.97 Å². The maximum atomic E-state index is 14.2. The standard InChI is InChI=1S/C12H12FNO3/c1-3-17-11(15)12(13,8-14)9-4-6-10(16-2)7-5-9/h4-7H,3H2,1-2H3. The molecule has 0 saturated heterocycles. The largest absolute Gasteiger partial charge is 0.497 e. The zero-order valence-electron chi connectivity index (χ0n) is 9.57. The van der Waals surface area contributed by atoms with Crippen molar-refractivity contribution in [1.29, 1.82) is 5.26 Å². The number of alkyl halides is 1. The second-order valence-corrected chi connectivity index (χ2v) is 3.22. The highest BCUT2D eigenvalue weighted by Gasteiger charge is 2.42. The number of halogens is 1. The highest BCUT2D eigenvalue weighted by molar-refractivity contribution is 5.84. The molecule has 17 heavy (non-hydrogen) atoms. The lowest BCUT2D eigenvalue weighted by atomic mass is 9.97. The van der Waals surface area contributed by atoms with Gasteiger partial charge in [-0.25, -0.2) is 9.18 Å². The van der Waals surface area contributed by atoms with Crippen LogP contribution in [0.1, 0.15) is 12.5 Å². The molecule has 90 valence electrons. The van der Waals surface area contributed by atoms with Crippen molar-refractivity contribution < 1.29 is 18.7 Å². The van der Waals surface area contributed by atoms with Crippen molar-refractivity contribution in [1.82, 2.24) is 0 Å². The first-order chi connectivity index (χ1) is 8.08. The van der Waals surface area contributed by atoms with Crippen LogP contribution in [0, 0.1) is 11.3 Å². The van der Waals surface area contributed by atoms with E-state index in [1.54, 1.807) is 6.92 Å². The number of hydrogen-bond acceptors (Lipinski definition) is 4. The molecule has 0 aliphatic heterocycles. The van der Waals surface area contributed by atoms with Gasteiger partial charge in [-0.05, 0) is 19.1 Å². The normalized spacial score (nSPS) is 13.3. The summed E-state index contributed by atoms with van der Waals surface area (Å²) in [6.45, 7) is 1.56. The van der Waals surface area contributed by atoms with Crippen LogP contribution >= 0.6 is 0 Å². The maximum absolute atomic E-state index is 14.2. The molecule has 0 aliphatic carbocycles. The Morgan fingerprint density at radius 3 is 2.47 bits per heavy atom. The third-order valence-electron chi connectivity index (χ3n) is 2.20. The molecule has 1 unspecified atom stereocenters. The van der Waals surface area contributed by atoms with Crippen LogP contribution in [0.4, 0.5) is 4.39 Å². The minimum absolute atomic E-state index is 0.0162. The molecule has 0 aromatic heterocycles. The van der Waals surface area contributed by atoms with E-state index in [0.29, 0.717) is 5.75 Å². The fourth-order valence-electron chi connectivity index (χ4n) is 1.28. The predicted octanol–water partition coefficient (Wildman–Crippen LogP) is 1.95. The molecule has 1 atom stereocenters. The molecular weight excluding hydrogens is 225 g/mol. The first-order valence-corrected chi connectivity index (χ1v) is 5.00. The smallest absolute Gasteiger partial charge is 0.363 e. The summed E-state index contributed by atoms with van der Waals surface area (Å²) in [6, 6.07) is 6.92. The first-order valence-electron chi connectivity index (χ1n) is 5.00. The molecule has 0 saturated carbocycles. The van der Waals surface area contributed by atoms with Crippen LogP contribution < -0.4 is 4.74 Å². The lowest BCUT2D eigenvalue weighted by molar-refractivity contribution is -0.154. The Hall–Kier alpha value is -2.09. The summed E-state index contributed by atoms with van der Waals surface area (Å²) >= 11 is 0. The van der Waals surface area contributed by atoms with Crippen molar-refractivity contribution in [2.24, 2.45) is 0 Å². The van der Waals surface area contributed by atoms with E-state index in [9.17, 15) is 9.18 Å². The van der Waals surface area contributed by atoms with Gasteiger partial charge in [0.15, 0.2) is 0 Å². The zero-order valence-corrected chi connectivity index (χ0v) is 9.57. The molecule has 5 heteroatoms. The lowest BCUT2D eigenvalue weighted by Gasteiger charge is -2.16. The van der Waals surface area contributed by atoms with E-state index in [-0.39, 0.29) is 12.2 Å². The average Bonchev–Trinajstić information content (AvgIpc) is 2.38. The number of esters is 1. The van der Waals surface area contributed by atoms with Crippen LogP contribution in [0.15, 0.2) is 24.3 Å². The predicted molar refractivity (Wildman–Crippen MR) is 58.0 cm³/mol. The van der Waals surface area contributed by atoms with Gasteiger partial charge in [-0.15, -0.1) is 0 Å². The van der Waals surface area contributed by atoms with Gasteiger partial charge in [0.2, 0.25) is 0 Å². The second-order valence-electron chi connectivity index (χ2n) is 3.22. The number of ether oxygens (including phenoxy) is 2. The molecule has 0 fully saturated rings. The summed E-state index contributed by atoms with van der Waals surface area (Å²) in [5.41, 5.74) is -2.85. The number of carbonyl (C=O) groups is 1. The minimum atomic E-state index is -2.78. The lowest BCUT2D eigenvalue weighted by Crippen LogP contribution is -2.31. The van der Waals surface area contributed by atoms with Gasteiger partial charge >= 0.3 is 11.6 Å². The van der Waals surface area contributed by atoms with Gasteiger partial charge in [-0.2, -0.15) is 5.26 Å². The van der Waals surface area contributed by atoms with Gasteiger partial charge < -0.3 is 9.47 Å². The SMILES string of the molecule is CCOC(=O)C(F)(C#N)c1ccc(OC)cc1. The number of methoxy groups -OCH3 is 1. The van der Waals surface area contributed by atoms with Crippen molar-refractivity contribution in [3.8, 4) is 11.8 Å². The summed E-state index contributed by atoms with van der Waals surface area (Å²) in [6.07, 6.45) is 0. The number of nitrogens with zero attached hydrogens (tertiary/aromatic N) is 1. The molecule has 0 heterocycles. The summed E-state index contributed by atoms with van der Waals surface area (Å²) < 4.78 is 23.6. The van der Waals surface area contributed by atoms with Gasteiger partial charge in [0.05, 0.1) is 13.7 Å². The fraction of sp³-hybridized carbons (Fsp3) is 0.333. The molecule has 0 N–H and O–H groups in total. The number of hydrogen-bond donors (Lipinski definition) is 0. The van der Waals surface area contributed by atoms with E-state index < -0.39 is 11.6 Å². The van der Waals surface area contributed by atoms with Crippen molar-refractivity contribution in [2.45, 2.75) is 12.6 Å². The maximum Gasteiger partial charge on any atom is 0.363 e. The minimum Gasteiger partial charge on any atom is -0.497 e. The zero-order chi connectivity index (χ0) is 12.9. The van der Waals surface area contributed by atoms with Crippen molar-refractivity contribution in [3.63, 3.8) is 0 Å². The molecule has 0 spiro atoms. The van der Waals surface area contributed by atoms with Crippen molar-refractivity contribution in [3.05, 3.63) is 29.8 Å². The van der Waals surface area contributed by atoms with Crippen LogP contribution in [0.5, 0.6) is 5.75 Å². The third-order valence-corrected chi connectivity index (χ3v) is 2.20. The Morgan fingerprint density at radius 1 is 1.47 bits per heavy atom. The Kier molecular flexibility index (Phi) is 4.05. The van der Waals surface area contributed by atoms with E-state index in [0.717, 1.165) is 0 Å². The summed E-state index contributed by atoms with van der Waals surface area (Å²) in [5, 5.41) is 8.81. The highest BCUT2D eigenvalue weighted by Crippen LogP contribution is 2.28. The van der Waals surface area contributed by atoms with Crippen LogP contribution in [-0.4, -0.2) is 19.7 Å². The number of nitriles is 1. The summed E-state index contributed by atoms with van der Waals surface area (Å²) in [7, 11) is 1.47. The Bertz CT molecular complexity index is 438. The molecule has 0 aliphatic rings. The molecule has 4 nitrogen and oxygen atoms in total. The van der Waals surface area contributed by atoms with Crippen molar-refractivity contribution in [2.75, 3.05) is 13.7 Å². The fourth-order valence-corrected chi connectivity index (χ4v) is 1.28. The van der Waals surface area contributed by atoms with E-state index in [1.165, 1.54) is 37.4 Å². The van der Waals surface area contributed by atoms with E-state index in [4.69, 9.17) is 10.00 Å². The molecular formula is C12H12FNO3. The average molecular weight is 237 g/mol. The third kappa shape index (κ3) is 2.53. The number of benzene rings is 1. The van der Waals surface area contributed by atoms with Gasteiger partial charge in [-0.3, -0.25) is 0 Å². The monoisotopic (exact) mass is 237 g/mol. The molecule has 0 amide bonds. The quantitative estimate of drug-likeness (QED) is 0.751. The molecule has 1 aromatic carbocycles. The Labute approximate surface area is 98.6 Å². The van der Waals surface area contributed by atoms with Crippen LogP contribution in [-0.2, 0) is 15.2 Å². The van der Waals surface area contributed by atoms with Gasteiger partial charge in [0.1, 0.15) is 11.8 Å². The second kappa shape index (κ2) is 5.30. The number of carbonyl (C=O) groups excluding carboxylic acids is 1. The van der Waals surface area contributed by atoms with E-state index in [2.05, 4.69) is 4.74 Å². The topological polar surface area (TPSA) is 59.3 Å². The van der Waals surface area contributed by atoms with E-state index >= 15 is 0 Å². The van der Waals surface area contributed by atoms with Gasteiger partial charge in [0, 0.05) is 5.56 Å². The first kappa shape index (κ1) is 13.0. The number of rotatable bonds is 4. The molecule has 0 bridgehead atoms.